The van der Waals surface area contributed by atoms with Crippen LogP contribution in [-0.2, 0) is 19.2 Å². The van der Waals surface area contributed by atoms with E-state index < -0.39 is 54.5 Å². The van der Waals surface area contributed by atoms with Crippen molar-refractivity contribution in [3.63, 3.8) is 0 Å². The van der Waals surface area contributed by atoms with Gasteiger partial charge in [-0.3, -0.25) is 14.4 Å². The Morgan fingerprint density at radius 2 is 1.78 bits per heavy atom. The molecule has 3 amide bonds. The highest BCUT2D eigenvalue weighted by molar-refractivity contribution is 5.94. The van der Waals surface area contributed by atoms with Crippen molar-refractivity contribution in [2.24, 2.45) is 11.7 Å². The lowest BCUT2D eigenvalue weighted by molar-refractivity contribution is -0.149. The SMILES string of the molecule is CC(C)CC(NC(=O)C(N)CO)C(=O)NC(C)C(=O)N1CCCC1C(=O)O. The molecule has 6 N–H and O–H groups in total. The number of aliphatic carboxylic acids is 1. The van der Waals surface area contributed by atoms with E-state index in [-0.39, 0.29) is 5.92 Å². The molecule has 0 aromatic carbocycles. The molecule has 1 fully saturated rings. The molecule has 0 saturated carbocycles. The number of nitrogens with one attached hydrogen (secondary N) is 2. The lowest BCUT2D eigenvalue weighted by atomic mass is 10.0. The first kappa shape index (κ1) is 22.8. The highest BCUT2D eigenvalue weighted by Crippen LogP contribution is 2.18. The molecule has 0 radical (unpaired) electrons. The van der Waals surface area contributed by atoms with Crippen molar-refractivity contribution < 1.29 is 29.4 Å². The predicted octanol–water partition coefficient (Wildman–Crippen LogP) is -1.58. The maximum absolute atomic E-state index is 12.6. The summed E-state index contributed by atoms with van der Waals surface area (Å²) in [6.45, 7) is 4.99. The van der Waals surface area contributed by atoms with Gasteiger partial charge in [-0.1, -0.05) is 13.8 Å². The topological polar surface area (TPSA) is 162 Å². The van der Waals surface area contributed by atoms with Gasteiger partial charge in [0.25, 0.3) is 0 Å². The van der Waals surface area contributed by atoms with E-state index in [1.54, 1.807) is 0 Å². The van der Waals surface area contributed by atoms with Gasteiger partial charge in [0.15, 0.2) is 0 Å². The van der Waals surface area contributed by atoms with Crippen LogP contribution in [0.25, 0.3) is 0 Å². The molecule has 1 aliphatic rings. The van der Waals surface area contributed by atoms with Crippen molar-refractivity contribution in [3.8, 4) is 0 Å². The van der Waals surface area contributed by atoms with Gasteiger partial charge in [-0.05, 0) is 32.1 Å². The second kappa shape index (κ2) is 10.2. The van der Waals surface area contributed by atoms with Gasteiger partial charge < -0.3 is 31.5 Å². The van der Waals surface area contributed by atoms with Crippen LogP contribution in [0.2, 0.25) is 0 Å². The fourth-order valence-electron chi connectivity index (χ4n) is 2.98. The van der Waals surface area contributed by atoms with Crippen LogP contribution in [0, 0.1) is 5.92 Å². The zero-order valence-corrected chi connectivity index (χ0v) is 16.0. The van der Waals surface area contributed by atoms with Crippen LogP contribution < -0.4 is 16.4 Å². The highest BCUT2D eigenvalue weighted by Gasteiger charge is 2.37. The predicted molar refractivity (Wildman–Crippen MR) is 96.4 cm³/mol. The number of carboxylic acids is 1. The summed E-state index contributed by atoms with van der Waals surface area (Å²) in [6, 6.07) is -3.88. The fourth-order valence-corrected chi connectivity index (χ4v) is 2.98. The van der Waals surface area contributed by atoms with Gasteiger partial charge in [0.05, 0.1) is 6.61 Å². The summed E-state index contributed by atoms with van der Waals surface area (Å²) in [5, 5.41) is 23.2. The van der Waals surface area contributed by atoms with E-state index in [2.05, 4.69) is 10.6 Å². The molecule has 1 aliphatic heterocycles. The van der Waals surface area contributed by atoms with Gasteiger partial charge in [-0.2, -0.15) is 0 Å². The fraction of sp³-hybridized carbons (Fsp3) is 0.765. The van der Waals surface area contributed by atoms with Crippen molar-refractivity contribution in [1.82, 2.24) is 15.5 Å². The number of nitrogens with two attached hydrogens (primary N) is 1. The van der Waals surface area contributed by atoms with Crippen LogP contribution in [0.3, 0.4) is 0 Å². The lowest BCUT2D eigenvalue weighted by Crippen LogP contribution is -2.57. The van der Waals surface area contributed by atoms with Crippen LogP contribution in [-0.4, -0.2) is 76.1 Å². The molecule has 27 heavy (non-hydrogen) atoms. The molecule has 4 atom stereocenters. The molecule has 0 bridgehead atoms. The molecule has 10 nitrogen and oxygen atoms in total. The Balaban J connectivity index is 2.76. The largest absolute Gasteiger partial charge is 0.480 e. The highest BCUT2D eigenvalue weighted by atomic mass is 16.4. The smallest absolute Gasteiger partial charge is 0.326 e. The van der Waals surface area contributed by atoms with Gasteiger partial charge in [0.1, 0.15) is 24.2 Å². The zero-order chi connectivity index (χ0) is 20.7. The minimum absolute atomic E-state index is 0.0763. The molecule has 10 heteroatoms. The molecule has 1 heterocycles. The van der Waals surface area contributed by atoms with Crippen LogP contribution in [0.15, 0.2) is 0 Å². The Bertz CT molecular complexity index is 568. The number of nitrogens with zero attached hydrogens (tertiary/aromatic N) is 1. The summed E-state index contributed by atoms with van der Waals surface area (Å²) in [4.78, 5) is 49.5. The van der Waals surface area contributed by atoms with E-state index in [9.17, 15) is 24.3 Å². The molecule has 0 aliphatic carbocycles. The number of aliphatic hydroxyl groups is 1. The Kier molecular flexibility index (Phi) is 8.64. The third kappa shape index (κ3) is 6.47. The Hall–Kier alpha value is -2.20. The molecular formula is C17H30N4O6. The van der Waals surface area contributed by atoms with Crippen LogP contribution in [0.4, 0.5) is 0 Å². The molecule has 1 saturated heterocycles. The van der Waals surface area contributed by atoms with E-state index in [1.165, 1.54) is 11.8 Å². The zero-order valence-electron chi connectivity index (χ0n) is 16.0. The van der Waals surface area contributed by atoms with Crippen LogP contribution in [0.1, 0.15) is 40.0 Å². The number of hydrogen-bond acceptors (Lipinski definition) is 6. The van der Waals surface area contributed by atoms with Crippen molar-refractivity contribution in [1.29, 1.82) is 0 Å². The third-order valence-electron chi connectivity index (χ3n) is 4.42. The minimum atomic E-state index is -1.15. The van der Waals surface area contributed by atoms with E-state index in [0.717, 1.165) is 0 Å². The minimum Gasteiger partial charge on any atom is -0.480 e. The van der Waals surface area contributed by atoms with Gasteiger partial charge in [-0.15, -0.1) is 0 Å². The number of carboxylic acid groups (broad SMARTS) is 1. The molecule has 154 valence electrons. The number of hydrogen-bond donors (Lipinski definition) is 5. The van der Waals surface area contributed by atoms with E-state index in [1.807, 2.05) is 13.8 Å². The van der Waals surface area contributed by atoms with Gasteiger partial charge in [0, 0.05) is 6.54 Å². The van der Waals surface area contributed by atoms with Crippen LogP contribution in [0.5, 0.6) is 0 Å². The standard InChI is InChI=1S/C17H30N4O6/c1-9(2)7-12(20-14(23)11(18)8-22)15(24)19-10(3)16(25)21-6-4-5-13(21)17(26)27/h9-13,22H,4-8,18H2,1-3H3,(H,19,24)(H,20,23)(H,26,27). The maximum atomic E-state index is 12.6. The third-order valence-corrected chi connectivity index (χ3v) is 4.42. The lowest BCUT2D eigenvalue weighted by Gasteiger charge is -2.27. The monoisotopic (exact) mass is 386 g/mol. The quantitative estimate of drug-likeness (QED) is 0.319. The molecule has 1 rings (SSSR count). The summed E-state index contributed by atoms with van der Waals surface area (Å²) in [5.74, 6) is -2.69. The summed E-state index contributed by atoms with van der Waals surface area (Å²) in [5.41, 5.74) is 5.46. The number of carbonyl (C=O) groups is 4. The number of likely N-dealkylation sites (tertiary alicyclic amines) is 1. The number of carbonyl (C=O) groups excluding carboxylic acids is 3. The van der Waals surface area contributed by atoms with Crippen molar-refractivity contribution >= 4 is 23.7 Å². The first-order chi connectivity index (χ1) is 12.6. The van der Waals surface area contributed by atoms with E-state index in [4.69, 9.17) is 10.8 Å². The van der Waals surface area contributed by atoms with E-state index in [0.29, 0.717) is 25.8 Å². The molecule has 0 aromatic rings. The number of rotatable bonds is 9. The first-order valence-electron chi connectivity index (χ1n) is 9.08. The summed E-state index contributed by atoms with van der Waals surface area (Å²) < 4.78 is 0. The summed E-state index contributed by atoms with van der Waals surface area (Å²) >= 11 is 0. The van der Waals surface area contributed by atoms with Crippen molar-refractivity contribution in [3.05, 3.63) is 0 Å². The van der Waals surface area contributed by atoms with Gasteiger partial charge in [0.2, 0.25) is 17.7 Å². The average molecular weight is 386 g/mol. The maximum Gasteiger partial charge on any atom is 0.326 e. The molecular weight excluding hydrogens is 356 g/mol. The second-order valence-electron chi connectivity index (χ2n) is 7.24. The number of aliphatic hydroxyl groups excluding tert-OH is 1. The van der Waals surface area contributed by atoms with Crippen molar-refractivity contribution in [2.75, 3.05) is 13.2 Å². The van der Waals surface area contributed by atoms with Gasteiger partial charge in [-0.25, -0.2) is 4.79 Å². The second-order valence-corrected chi connectivity index (χ2v) is 7.24. The van der Waals surface area contributed by atoms with Crippen molar-refractivity contribution in [2.45, 2.75) is 64.2 Å². The average Bonchev–Trinajstić information content (AvgIpc) is 3.08. The van der Waals surface area contributed by atoms with Gasteiger partial charge >= 0.3 is 5.97 Å². The molecule has 0 spiro atoms. The van der Waals surface area contributed by atoms with Crippen LogP contribution >= 0.6 is 0 Å². The Morgan fingerprint density at radius 1 is 1.15 bits per heavy atom. The Labute approximate surface area is 158 Å². The first-order valence-corrected chi connectivity index (χ1v) is 9.08. The molecule has 4 unspecified atom stereocenters. The molecule has 0 aromatic heterocycles. The number of amides is 3. The normalized spacial score (nSPS) is 20.1. The Morgan fingerprint density at radius 3 is 2.30 bits per heavy atom. The van der Waals surface area contributed by atoms with E-state index >= 15 is 0 Å². The summed E-state index contributed by atoms with van der Waals surface area (Å²) in [6.07, 6.45) is 1.29. The summed E-state index contributed by atoms with van der Waals surface area (Å²) in [7, 11) is 0.